The number of carboxylic acid groups (broad SMARTS) is 3. The third-order valence-corrected chi connectivity index (χ3v) is 1.37. The molecule has 0 saturated carbocycles. The van der Waals surface area contributed by atoms with Crippen LogP contribution in [0.25, 0.3) is 0 Å². The molecule has 9 N–H and O–H groups in total. The standard InChI is InChI=1S/3C3H6O4.Cr/c3*4-1-2(5)3(6)7;/h3*2,4-5H,1H2,(H,6,7);. The molecule has 13 heteroatoms. The van der Waals surface area contributed by atoms with E-state index in [1.807, 2.05) is 0 Å². The van der Waals surface area contributed by atoms with Gasteiger partial charge in [-0.2, -0.15) is 0 Å². The maximum Gasteiger partial charge on any atom is 0.334 e. The van der Waals surface area contributed by atoms with Crippen LogP contribution < -0.4 is 0 Å². The Morgan fingerprint density at radius 1 is 0.591 bits per heavy atom. The van der Waals surface area contributed by atoms with E-state index in [0.717, 1.165) is 0 Å². The fourth-order valence-corrected chi connectivity index (χ4v) is 0.234. The quantitative estimate of drug-likeness (QED) is 0.214. The fourth-order valence-electron chi connectivity index (χ4n) is 0.234. The first-order valence-corrected chi connectivity index (χ1v) is 5.10. The first kappa shape index (κ1) is 28.8. The van der Waals surface area contributed by atoms with Gasteiger partial charge in [-0.25, -0.2) is 14.4 Å². The number of carbonyl (C=O) groups is 3. The molecule has 22 heavy (non-hydrogen) atoms. The predicted molar refractivity (Wildman–Crippen MR) is 62.2 cm³/mol. The summed E-state index contributed by atoms with van der Waals surface area (Å²) in [6.45, 7) is -2.18. The Hall–Kier alpha value is -1.30. The second kappa shape index (κ2) is 17.8. The molecule has 0 amide bonds. The number of aliphatic carboxylic acids is 3. The van der Waals surface area contributed by atoms with E-state index >= 15 is 0 Å². The van der Waals surface area contributed by atoms with Crippen LogP contribution in [-0.4, -0.2) is 102 Å². The number of aliphatic hydroxyl groups excluding tert-OH is 6. The van der Waals surface area contributed by atoms with E-state index in [1.165, 1.54) is 0 Å². The molecular weight excluding hydrogens is 352 g/mol. The number of rotatable bonds is 6. The molecule has 0 heterocycles. The van der Waals surface area contributed by atoms with Crippen LogP contribution in [0.4, 0.5) is 0 Å². The Morgan fingerprint density at radius 2 is 0.727 bits per heavy atom. The van der Waals surface area contributed by atoms with Crippen LogP contribution in [0.1, 0.15) is 0 Å². The van der Waals surface area contributed by atoms with Crippen LogP contribution in [0.5, 0.6) is 0 Å². The summed E-state index contributed by atoms with van der Waals surface area (Å²) in [5, 5.41) is 71.2. The van der Waals surface area contributed by atoms with Crippen LogP contribution in [0.15, 0.2) is 0 Å². The zero-order chi connectivity index (χ0) is 17.6. The van der Waals surface area contributed by atoms with Gasteiger partial charge in [0.1, 0.15) is 0 Å². The summed E-state index contributed by atoms with van der Waals surface area (Å²) in [6, 6.07) is 0. The molecular formula is C9H18CrO12. The first-order valence-electron chi connectivity index (χ1n) is 5.10. The molecule has 12 nitrogen and oxygen atoms in total. The van der Waals surface area contributed by atoms with Crippen molar-refractivity contribution in [3.8, 4) is 0 Å². The van der Waals surface area contributed by atoms with E-state index in [2.05, 4.69) is 0 Å². The normalized spacial score (nSPS) is 12.8. The van der Waals surface area contributed by atoms with Gasteiger partial charge in [-0.15, -0.1) is 0 Å². The van der Waals surface area contributed by atoms with Crippen LogP contribution in [0.3, 0.4) is 0 Å². The smallest absolute Gasteiger partial charge is 0.334 e. The van der Waals surface area contributed by atoms with Crippen LogP contribution in [0.2, 0.25) is 0 Å². The van der Waals surface area contributed by atoms with Gasteiger partial charge in [0.15, 0.2) is 18.3 Å². The Kier molecular flexibility index (Phi) is 23.2. The van der Waals surface area contributed by atoms with Crippen molar-refractivity contribution in [2.75, 3.05) is 19.8 Å². The molecule has 0 rings (SSSR count). The summed E-state index contributed by atoms with van der Waals surface area (Å²) in [7, 11) is 0. The van der Waals surface area contributed by atoms with E-state index in [0.29, 0.717) is 0 Å². The van der Waals surface area contributed by atoms with Gasteiger partial charge in [0, 0.05) is 17.4 Å². The zero-order valence-electron chi connectivity index (χ0n) is 11.0. The van der Waals surface area contributed by atoms with Crippen LogP contribution in [0, 0.1) is 0 Å². The molecule has 3 unspecified atom stereocenters. The van der Waals surface area contributed by atoms with Gasteiger partial charge in [-0.05, 0) is 0 Å². The average molecular weight is 370 g/mol. The van der Waals surface area contributed by atoms with Gasteiger partial charge in [-0.1, -0.05) is 0 Å². The molecule has 0 aliphatic rings. The van der Waals surface area contributed by atoms with Crippen LogP contribution in [-0.2, 0) is 31.7 Å². The predicted octanol–water partition coefficient (Wildman–Crippen LogP) is -4.73. The molecule has 0 aliphatic heterocycles. The summed E-state index contributed by atoms with van der Waals surface area (Å²) in [4.78, 5) is 28.6. The van der Waals surface area contributed by atoms with Crippen molar-refractivity contribution in [2.24, 2.45) is 0 Å². The first-order chi connectivity index (χ1) is 9.54. The molecule has 132 valence electrons. The Balaban J connectivity index is -0.000000108. The molecule has 0 radical (unpaired) electrons. The second-order valence-electron chi connectivity index (χ2n) is 3.11. The minimum atomic E-state index is -1.63. The van der Waals surface area contributed by atoms with Crippen LogP contribution >= 0.6 is 0 Å². The topological polar surface area (TPSA) is 233 Å². The molecule has 3 atom stereocenters. The number of carboxylic acids is 3. The minimum absolute atomic E-state index is 0. The molecule has 0 aromatic heterocycles. The SMILES string of the molecule is O=C(O)C(O)CO.O=C(O)C(O)CO.O=C(O)C(O)CO.[Cr]. The third-order valence-electron chi connectivity index (χ3n) is 1.37. The van der Waals surface area contributed by atoms with E-state index in [-0.39, 0.29) is 17.4 Å². The van der Waals surface area contributed by atoms with Gasteiger partial charge in [0.25, 0.3) is 0 Å². The Labute approximate surface area is 134 Å². The number of aliphatic hydroxyl groups is 6. The summed E-state index contributed by atoms with van der Waals surface area (Å²) in [6.07, 6.45) is -4.88. The molecule has 0 bridgehead atoms. The van der Waals surface area contributed by atoms with Crippen molar-refractivity contribution in [1.29, 1.82) is 0 Å². The van der Waals surface area contributed by atoms with Crippen molar-refractivity contribution in [2.45, 2.75) is 18.3 Å². The van der Waals surface area contributed by atoms with Gasteiger partial charge in [-0.3, -0.25) is 0 Å². The molecule has 0 fully saturated rings. The van der Waals surface area contributed by atoms with Gasteiger partial charge in [0.2, 0.25) is 0 Å². The van der Waals surface area contributed by atoms with Crippen molar-refractivity contribution < 1.29 is 77.7 Å². The number of hydrogen-bond donors (Lipinski definition) is 9. The van der Waals surface area contributed by atoms with Crippen molar-refractivity contribution in [3.05, 3.63) is 0 Å². The van der Waals surface area contributed by atoms with Crippen molar-refractivity contribution in [1.82, 2.24) is 0 Å². The molecule has 0 aliphatic carbocycles. The molecule has 0 aromatic carbocycles. The van der Waals surface area contributed by atoms with E-state index < -0.39 is 56.0 Å². The van der Waals surface area contributed by atoms with Gasteiger partial charge < -0.3 is 46.0 Å². The van der Waals surface area contributed by atoms with E-state index in [9.17, 15) is 14.4 Å². The Bertz CT molecular complexity index is 261. The summed E-state index contributed by atoms with van der Waals surface area (Å²) in [5.74, 6) is -4.20. The number of hydrogen-bond acceptors (Lipinski definition) is 9. The minimum Gasteiger partial charge on any atom is -0.479 e. The van der Waals surface area contributed by atoms with Gasteiger partial charge >= 0.3 is 17.9 Å². The Morgan fingerprint density at radius 3 is 0.727 bits per heavy atom. The maximum atomic E-state index is 9.52. The van der Waals surface area contributed by atoms with Crippen molar-refractivity contribution >= 4 is 17.9 Å². The van der Waals surface area contributed by atoms with Gasteiger partial charge in [0.05, 0.1) is 19.8 Å². The summed E-state index contributed by atoms with van der Waals surface area (Å²) in [5.41, 5.74) is 0. The maximum absolute atomic E-state index is 9.52. The summed E-state index contributed by atoms with van der Waals surface area (Å²) < 4.78 is 0. The molecule has 0 aromatic rings. The van der Waals surface area contributed by atoms with E-state index in [4.69, 9.17) is 46.0 Å². The monoisotopic (exact) mass is 370 g/mol. The summed E-state index contributed by atoms with van der Waals surface area (Å²) >= 11 is 0. The fraction of sp³-hybridized carbons (Fsp3) is 0.667. The largest absolute Gasteiger partial charge is 0.479 e. The third kappa shape index (κ3) is 21.0. The zero-order valence-corrected chi connectivity index (χ0v) is 12.3. The average Bonchev–Trinajstić information content (AvgIpc) is 2.45. The molecule has 0 saturated heterocycles. The molecule has 0 spiro atoms. The van der Waals surface area contributed by atoms with E-state index in [1.54, 1.807) is 0 Å². The van der Waals surface area contributed by atoms with Crippen molar-refractivity contribution in [3.63, 3.8) is 0 Å². The second-order valence-corrected chi connectivity index (χ2v) is 3.11.